The molecule has 0 radical (unpaired) electrons. The molecule has 0 saturated carbocycles. The smallest absolute Gasteiger partial charge is 0.387 e. The SMILES string of the molecule is Nc1ccn([C@@H]2O[C@H](COP(=O)(O)N3CCCCC3)[C@@H](O)[C@H]2O)c(=O)n1. The zero-order valence-electron chi connectivity index (χ0n) is 14.0. The maximum Gasteiger partial charge on any atom is 0.405 e. The molecule has 0 bridgehead atoms. The first-order valence-corrected chi connectivity index (χ1v) is 9.91. The highest BCUT2D eigenvalue weighted by molar-refractivity contribution is 7.50. The van der Waals surface area contributed by atoms with Gasteiger partial charge in [-0.15, -0.1) is 0 Å². The molecule has 1 aromatic heterocycles. The van der Waals surface area contributed by atoms with Gasteiger partial charge in [-0.1, -0.05) is 6.42 Å². The van der Waals surface area contributed by atoms with Crippen molar-refractivity contribution in [2.24, 2.45) is 0 Å². The van der Waals surface area contributed by atoms with Crippen LogP contribution in [0, 0.1) is 0 Å². The molecule has 2 saturated heterocycles. The summed E-state index contributed by atoms with van der Waals surface area (Å²) in [5.41, 5.74) is 4.67. The summed E-state index contributed by atoms with van der Waals surface area (Å²) in [5, 5.41) is 20.3. The molecule has 3 rings (SSSR count). The quantitative estimate of drug-likeness (QED) is 0.461. The number of aliphatic hydroxyl groups excluding tert-OH is 2. The lowest BCUT2D eigenvalue weighted by Crippen LogP contribution is -2.36. The van der Waals surface area contributed by atoms with Crippen molar-refractivity contribution in [2.45, 2.75) is 43.8 Å². The number of hydrogen-bond donors (Lipinski definition) is 4. The molecule has 2 aliphatic heterocycles. The first-order valence-electron chi connectivity index (χ1n) is 8.38. The highest BCUT2D eigenvalue weighted by Crippen LogP contribution is 2.48. The average Bonchev–Trinajstić information content (AvgIpc) is 2.89. The minimum atomic E-state index is -4.01. The summed E-state index contributed by atoms with van der Waals surface area (Å²) in [5.74, 6) is 0.0157. The van der Waals surface area contributed by atoms with Gasteiger partial charge in [-0.05, 0) is 18.9 Å². The molecule has 11 nitrogen and oxygen atoms in total. The topological polar surface area (TPSA) is 160 Å². The summed E-state index contributed by atoms with van der Waals surface area (Å²) in [6, 6.07) is 1.35. The number of nitrogens with two attached hydrogens (primary N) is 1. The lowest BCUT2D eigenvalue weighted by atomic mass is 10.1. The summed E-state index contributed by atoms with van der Waals surface area (Å²) >= 11 is 0. The van der Waals surface area contributed by atoms with Crippen LogP contribution < -0.4 is 11.4 Å². The molecule has 0 amide bonds. The molecule has 146 valence electrons. The number of aliphatic hydroxyl groups is 2. The van der Waals surface area contributed by atoms with Crippen molar-refractivity contribution in [3.8, 4) is 0 Å². The van der Waals surface area contributed by atoms with E-state index in [1.165, 1.54) is 16.9 Å². The van der Waals surface area contributed by atoms with E-state index in [0.717, 1.165) is 23.8 Å². The predicted octanol–water partition coefficient (Wildman–Crippen LogP) is -0.952. The van der Waals surface area contributed by atoms with Gasteiger partial charge >= 0.3 is 13.4 Å². The Morgan fingerprint density at radius 3 is 2.65 bits per heavy atom. The van der Waals surface area contributed by atoms with Crippen LogP contribution in [0.25, 0.3) is 0 Å². The van der Waals surface area contributed by atoms with Gasteiger partial charge in [0.05, 0.1) is 6.61 Å². The number of nitrogen functional groups attached to an aromatic ring is 1. The summed E-state index contributed by atoms with van der Waals surface area (Å²) in [7, 11) is -4.01. The minimum Gasteiger partial charge on any atom is -0.387 e. The van der Waals surface area contributed by atoms with E-state index in [9.17, 15) is 24.5 Å². The second kappa shape index (κ2) is 7.73. The fourth-order valence-electron chi connectivity index (χ4n) is 3.10. The van der Waals surface area contributed by atoms with Crippen LogP contribution in [0.2, 0.25) is 0 Å². The molecule has 1 unspecified atom stereocenters. The molecule has 26 heavy (non-hydrogen) atoms. The summed E-state index contributed by atoms with van der Waals surface area (Å²) in [6.07, 6.45) is -1.20. The molecule has 0 aromatic carbocycles. The average molecular weight is 390 g/mol. The molecule has 2 aliphatic rings. The molecule has 0 aliphatic carbocycles. The van der Waals surface area contributed by atoms with Crippen LogP contribution in [0.15, 0.2) is 17.1 Å². The van der Waals surface area contributed by atoms with Gasteiger partial charge in [0.15, 0.2) is 6.23 Å². The molecule has 1 aromatic rings. The van der Waals surface area contributed by atoms with Gasteiger partial charge in [-0.25, -0.2) is 14.0 Å². The van der Waals surface area contributed by atoms with Crippen LogP contribution in [-0.2, 0) is 13.8 Å². The molecule has 0 spiro atoms. The second-order valence-electron chi connectivity index (χ2n) is 6.39. The molecular formula is C14H23N4O7P. The van der Waals surface area contributed by atoms with Crippen molar-refractivity contribution in [1.82, 2.24) is 14.2 Å². The Morgan fingerprint density at radius 1 is 1.31 bits per heavy atom. The third-order valence-electron chi connectivity index (χ3n) is 4.56. The van der Waals surface area contributed by atoms with Crippen molar-refractivity contribution in [3.63, 3.8) is 0 Å². The molecule has 3 heterocycles. The lowest BCUT2D eigenvalue weighted by molar-refractivity contribution is -0.0538. The largest absolute Gasteiger partial charge is 0.405 e. The molecule has 2 fully saturated rings. The molecule has 5 N–H and O–H groups in total. The van der Waals surface area contributed by atoms with E-state index in [2.05, 4.69) is 4.98 Å². The van der Waals surface area contributed by atoms with E-state index in [1.54, 1.807) is 0 Å². The van der Waals surface area contributed by atoms with Gasteiger partial charge in [0.2, 0.25) is 0 Å². The standard InChI is InChI=1S/C14H23N4O7P/c15-10-4-7-18(14(21)16-10)13-12(20)11(19)9(25-13)8-24-26(22,23)17-5-2-1-3-6-17/h4,7,9,11-13,19-20H,1-3,5-6,8H2,(H,22,23)(H2,15,16,21)/t9-,11-,12-,13-/m1/s1. The fourth-order valence-corrected chi connectivity index (χ4v) is 4.39. The zero-order chi connectivity index (χ0) is 18.9. The van der Waals surface area contributed by atoms with Crippen LogP contribution in [-0.4, -0.2) is 67.3 Å². The Balaban J connectivity index is 1.66. The second-order valence-corrected chi connectivity index (χ2v) is 8.19. The van der Waals surface area contributed by atoms with Gasteiger partial charge in [-0.3, -0.25) is 9.09 Å². The van der Waals surface area contributed by atoms with Crippen LogP contribution >= 0.6 is 7.75 Å². The summed E-state index contributed by atoms with van der Waals surface area (Å²) in [4.78, 5) is 25.5. The normalized spacial score (nSPS) is 32.4. The number of aromatic nitrogens is 2. The maximum atomic E-state index is 12.3. The van der Waals surface area contributed by atoms with Gasteiger partial charge < -0.3 is 25.6 Å². The van der Waals surface area contributed by atoms with Gasteiger partial charge in [0, 0.05) is 19.3 Å². The van der Waals surface area contributed by atoms with Crippen LogP contribution in [0.3, 0.4) is 0 Å². The fraction of sp³-hybridized carbons (Fsp3) is 0.714. The van der Waals surface area contributed by atoms with E-state index < -0.39 is 44.6 Å². The van der Waals surface area contributed by atoms with Gasteiger partial charge in [0.25, 0.3) is 0 Å². The van der Waals surface area contributed by atoms with Crippen LogP contribution in [0.4, 0.5) is 5.82 Å². The Bertz CT molecular complexity index is 738. The third kappa shape index (κ3) is 3.99. The lowest BCUT2D eigenvalue weighted by Gasteiger charge is -2.30. The molecule has 5 atom stereocenters. The summed E-state index contributed by atoms with van der Waals surface area (Å²) < 4.78 is 25.3. The predicted molar refractivity (Wildman–Crippen MR) is 90.0 cm³/mol. The van der Waals surface area contributed by atoms with Crippen molar-refractivity contribution in [2.75, 3.05) is 25.4 Å². The van der Waals surface area contributed by atoms with E-state index in [1.807, 2.05) is 0 Å². The number of anilines is 1. The van der Waals surface area contributed by atoms with Crippen LogP contribution in [0.1, 0.15) is 25.5 Å². The highest BCUT2D eigenvalue weighted by atomic mass is 31.2. The third-order valence-corrected chi connectivity index (χ3v) is 6.16. The monoisotopic (exact) mass is 390 g/mol. The Kier molecular flexibility index (Phi) is 5.78. The van der Waals surface area contributed by atoms with Gasteiger partial charge in [-0.2, -0.15) is 4.98 Å². The van der Waals surface area contributed by atoms with Crippen molar-refractivity contribution in [1.29, 1.82) is 0 Å². The van der Waals surface area contributed by atoms with Crippen LogP contribution in [0.5, 0.6) is 0 Å². The van der Waals surface area contributed by atoms with Crippen molar-refractivity contribution >= 4 is 13.6 Å². The summed E-state index contributed by atoms with van der Waals surface area (Å²) in [6.45, 7) is 0.509. The Labute approximate surface area is 149 Å². The van der Waals surface area contributed by atoms with E-state index in [-0.39, 0.29) is 5.82 Å². The number of ether oxygens (including phenoxy) is 1. The Hall–Kier alpha value is -1.33. The number of piperidine rings is 1. The number of hydrogen-bond acceptors (Lipinski definition) is 8. The maximum absolute atomic E-state index is 12.3. The van der Waals surface area contributed by atoms with E-state index in [4.69, 9.17) is 15.0 Å². The highest BCUT2D eigenvalue weighted by Gasteiger charge is 2.45. The Morgan fingerprint density at radius 2 is 2.00 bits per heavy atom. The van der Waals surface area contributed by atoms with Gasteiger partial charge in [0.1, 0.15) is 24.1 Å². The number of nitrogens with zero attached hydrogens (tertiary/aromatic N) is 3. The first-order chi connectivity index (χ1) is 12.3. The van der Waals surface area contributed by atoms with E-state index in [0.29, 0.717) is 13.1 Å². The minimum absolute atomic E-state index is 0.0157. The van der Waals surface area contributed by atoms with E-state index >= 15 is 0 Å². The van der Waals surface area contributed by atoms with Crippen molar-refractivity contribution in [3.05, 3.63) is 22.7 Å². The molecule has 12 heteroatoms. The first kappa shape index (κ1) is 19.4. The zero-order valence-corrected chi connectivity index (χ0v) is 14.9. The van der Waals surface area contributed by atoms with Crippen molar-refractivity contribution < 1.29 is 28.9 Å². The molecular weight excluding hydrogens is 367 g/mol. The number of rotatable bonds is 5.